The minimum atomic E-state index is -2.65. The van der Waals surface area contributed by atoms with Crippen LogP contribution in [0.5, 0.6) is 0 Å². The lowest BCUT2D eigenvalue weighted by molar-refractivity contribution is -0.0305. The molecule has 1 fully saturated rings. The fourth-order valence-corrected chi connectivity index (χ4v) is 5.01. The molecule has 0 spiro atoms. The first-order chi connectivity index (χ1) is 8.97. The van der Waals surface area contributed by atoms with Gasteiger partial charge in [0.25, 0.3) is 0 Å². The summed E-state index contributed by atoms with van der Waals surface area (Å²) >= 11 is 0. The maximum absolute atomic E-state index is 5.92. The van der Waals surface area contributed by atoms with Crippen molar-refractivity contribution in [3.8, 4) is 0 Å². The number of epoxide rings is 1. The van der Waals surface area contributed by atoms with Crippen molar-refractivity contribution >= 4 is 8.80 Å². The highest BCUT2D eigenvalue weighted by molar-refractivity contribution is 6.61. The minimum absolute atomic E-state index is 0.265. The lowest BCUT2D eigenvalue weighted by atomic mass is 10.2. The predicted octanol–water partition coefficient (Wildman–Crippen LogP) is 2.23. The molecular weight excluding hydrogens is 264 g/mol. The topological polar surface area (TPSA) is 49.5 Å². The van der Waals surface area contributed by atoms with Gasteiger partial charge in [0.2, 0.25) is 0 Å². The molecule has 0 amide bonds. The molecule has 1 saturated heterocycles. The summed E-state index contributed by atoms with van der Waals surface area (Å²) in [7, 11) is -2.65. The molecule has 0 N–H and O–H groups in total. The third-order valence-corrected chi connectivity index (χ3v) is 6.27. The van der Waals surface area contributed by atoms with E-state index < -0.39 is 8.80 Å². The Hall–Kier alpha value is 0.0169. The maximum atomic E-state index is 5.92. The van der Waals surface area contributed by atoms with Gasteiger partial charge in [-0.15, -0.1) is 0 Å². The molecule has 114 valence electrons. The van der Waals surface area contributed by atoms with Crippen LogP contribution in [0, 0.1) is 0 Å². The average Bonchev–Trinajstić information content (AvgIpc) is 3.10. The number of hydrogen-bond acceptors (Lipinski definition) is 5. The van der Waals surface area contributed by atoms with Gasteiger partial charge in [-0.1, -0.05) is 0 Å². The monoisotopic (exact) mass is 292 g/mol. The first kappa shape index (κ1) is 17.1. The van der Waals surface area contributed by atoms with Gasteiger partial charge >= 0.3 is 8.80 Å². The summed E-state index contributed by atoms with van der Waals surface area (Å²) in [5.74, 6) is 0. The van der Waals surface area contributed by atoms with Gasteiger partial charge in [-0.25, -0.2) is 0 Å². The molecule has 6 heteroatoms. The van der Waals surface area contributed by atoms with Crippen molar-refractivity contribution in [2.24, 2.45) is 0 Å². The molecule has 19 heavy (non-hydrogen) atoms. The van der Waals surface area contributed by atoms with Crippen molar-refractivity contribution in [1.29, 1.82) is 0 Å². The molecule has 5 nitrogen and oxygen atoms in total. The van der Waals surface area contributed by atoms with E-state index in [2.05, 4.69) is 0 Å². The van der Waals surface area contributed by atoms with Gasteiger partial charge in [-0.2, -0.15) is 0 Å². The van der Waals surface area contributed by atoms with Gasteiger partial charge < -0.3 is 22.8 Å². The molecule has 1 aliphatic heterocycles. The quantitative estimate of drug-likeness (QED) is 0.432. The molecular formula is C13H28O5Si. The summed E-state index contributed by atoms with van der Waals surface area (Å²) in [5, 5.41) is 0. The molecule has 0 aromatic carbocycles. The average molecular weight is 292 g/mol. The van der Waals surface area contributed by atoms with Crippen molar-refractivity contribution in [1.82, 2.24) is 0 Å². The van der Waals surface area contributed by atoms with Crippen molar-refractivity contribution in [3.63, 3.8) is 0 Å². The first-order valence-electron chi connectivity index (χ1n) is 7.14. The molecule has 0 bridgehead atoms. The van der Waals surface area contributed by atoms with Gasteiger partial charge in [0.1, 0.15) is 6.10 Å². The third-order valence-electron chi connectivity index (χ3n) is 2.80. The van der Waals surface area contributed by atoms with Crippen LogP contribution in [-0.2, 0) is 22.8 Å². The fourth-order valence-electron chi connectivity index (χ4n) is 1.99. The Bertz CT molecular complexity index is 238. The standard InChI is InChI=1S/C13H28O5Si/c1-6-16-19(17-7-2,18-8-3)11-13(4,5)15-10-12-9-14-12/h12H,6-11H2,1-5H3. The normalized spacial score (nSPS) is 19.7. The third kappa shape index (κ3) is 6.33. The van der Waals surface area contributed by atoms with Crippen LogP contribution in [0.4, 0.5) is 0 Å². The van der Waals surface area contributed by atoms with E-state index in [0.29, 0.717) is 32.5 Å². The number of rotatable bonds is 11. The highest BCUT2D eigenvalue weighted by Gasteiger charge is 2.46. The summed E-state index contributed by atoms with van der Waals surface area (Å²) in [5.41, 5.74) is -0.336. The molecule has 0 radical (unpaired) electrons. The maximum Gasteiger partial charge on any atom is 0.503 e. The lowest BCUT2D eigenvalue weighted by Gasteiger charge is -2.35. The van der Waals surface area contributed by atoms with Crippen LogP contribution >= 0.6 is 0 Å². The van der Waals surface area contributed by atoms with Crippen molar-refractivity contribution in [2.75, 3.05) is 33.0 Å². The predicted molar refractivity (Wildman–Crippen MR) is 75.2 cm³/mol. The van der Waals surface area contributed by atoms with E-state index in [0.717, 1.165) is 6.61 Å². The zero-order valence-electron chi connectivity index (χ0n) is 12.9. The molecule has 1 heterocycles. The Morgan fingerprint density at radius 1 is 1.05 bits per heavy atom. The van der Waals surface area contributed by atoms with Crippen molar-refractivity contribution < 1.29 is 22.8 Å². The molecule has 0 aromatic heterocycles. The molecule has 1 unspecified atom stereocenters. The second-order valence-electron chi connectivity index (χ2n) is 5.18. The van der Waals surface area contributed by atoms with Crippen molar-refractivity contribution in [2.45, 2.75) is 52.4 Å². The van der Waals surface area contributed by atoms with Crippen LogP contribution in [0.15, 0.2) is 0 Å². The number of ether oxygens (including phenoxy) is 2. The van der Waals surface area contributed by atoms with E-state index in [1.165, 1.54) is 0 Å². The number of hydrogen-bond donors (Lipinski definition) is 0. The van der Waals surface area contributed by atoms with E-state index in [-0.39, 0.29) is 11.7 Å². The van der Waals surface area contributed by atoms with Crippen LogP contribution < -0.4 is 0 Å². The zero-order valence-corrected chi connectivity index (χ0v) is 13.9. The molecule has 1 atom stereocenters. The van der Waals surface area contributed by atoms with E-state index in [1.807, 2.05) is 34.6 Å². The lowest BCUT2D eigenvalue weighted by Crippen LogP contribution is -2.51. The Balaban J connectivity index is 2.60. The van der Waals surface area contributed by atoms with Gasteiger partial charge in [-0.3, -0.25) is 0 Å². The molecule has 0 saturated carbocycles. The summed E-state index contributed by atoms with van der Waals surface area (Å²) in [6.07, 6.45) is 0.265. The van der Waals surface area contributed by atoms with Crippen LogP contribution in [0.25, 0.3) is 0 Å². The van der Waals surface area contributed by atoms with E-state index in [9.17, 15) is 0 Å². The van der Waals surface area contributed by atoms with Gasteiger partial charge in [-0.05, 0) is 34.6 Å². The SMILES string of the molecule is CCO[Si](CC(C)(C)OCC1CO1)(OCC)OCC. The highest BCUT2D eigenvalue weighted by atomic mass is 28.4. The van der Waals surface area contributed by atoms with E-state index >= 15 is 0 Å². The highest BCUT2D eigenvalue weighted by Crippen LogP contribution is 2.28. The van der Waals surface area contributed by atoms with Crippen LogP contribution in [-0.4, -0.2) is 53.5 Å². The smallest absolute Gasteiger partial charge is 0.374 e. The molecule has 0 aliphatic carbocycles. The Morgan fingerprint density at radius 3 is 1.89 bits per heavy atom. The largest absolute Gasteiger partial charge is 0.503 e. The van der Waals surface area contributed by atoms with Crippen LogP contribution in [0.2, 0.25) is 6.04 Å². The molecule has 1 rings (SSSR count). The second-order valence-corrected chi connectivity index (χ2v) is 7.77. The van der Waals surface area contributed by atoms with Gasteiger partial charge in [0.05, 0.1) is 18.8 Å². The Labute approximate surface area is 117 Å². The Morgan fingerprint density at radius 2 is 1.53 bits per heavy atom. The summed E-state index contributed by atoms with van der Waals surface area (Å²) in [4.78, 5) is 0. The second kappa shape index (κ2) is 7.71. The summed E-state index contributed by atoms with van der Waals surface area (Å²) in [6, 6.07) is 0.655. The van der Waals surface area contributed by atoms with Gasteiger partial charge in [0, 0.05) is 25.9 Å². The molecule has 0 aromatic rings. The summed E-state index contributed by atoms with van der Waals surface area (Å²) < 4.78 is 28.6. The van der Waals surface area contributed by atoms with Crippen LogP contribution in [0.1, 0.15) is 34.6 Å². The minimum Gasteiger partial charge on any atom is -0.374 e. The fraction of sp³-hybridized carbons (Fsp3) is 1.00. The first-order valence-corrected chi connectivity index (χ1v) is 9.07. The van der Waals surface area contributed by atoms with E-state index in [4.69, 9.17) is 22.8 Å². The zero-order chi connectivity index (χ0) is 14.4. The van der Waals surface area contributed by atoms with Crippen molar-refractivity contribution in [3.05, 3.63) is 0 Å². The molecule has 1 aliphatic rings. The van der Waals surface area contributed by atoms with E-state index in [1.54, 1.807) is 0 Å². The van der Waals surface area contributed by atoms with Gasteiger partial charge in [0.15, 0.2) is 0 Å². The van der Waals surface area contributed by atoms with Crippen LogP contribution in [0.3, 0.4) is 0 Å². The Kier molecular flexibility index (Phi) is 6.92. The summed E-state index contributed by atoms with van der Waals surface area (Å²) in [6.45, 7) is 13.2.